The average Bonchev–Trinajstić information content (AvgIpc) is 2.29. The number of aliphatic hydroxyl groups is 1. The highest BCUT2D eigenvalue weighted by molar-refractivity contribution is 9.10. The lowest BCUT2D eigenvalue weighted by atomic mass is 10.2. The third kappa shape index (κ3) is 3.25. The molecule has 0 aromatic heterocycles. The summed E-state index contributed by atoms with van der Waals surface area (Å²) in [5, 5.41) is 9.14. The van der Waals surface area contributed by atoms with Gasteiger partial charge >= 0.3 is 0 Å². The lowest BCUT2D eigenvalue weighted by Crippen LogP contribution is -2.00. The summed E-state index contributed by atoms with van der Waals surface area (Å²) in [6, 6.07) is 3.56. The number of hydrogen-bond donors (Lipinski definition) is 1. The second kappa shape index (κ2) is 6.55. The van der Waals surface area contributed by atoms with Crippen LogP contribution in [0.4, 0.5) is 0 Å². The molecular weight excluding hydrogens is 272 g/mol. The van der Waals surface area contributed by atoms with E-state index in [9.17, 15) is 0 Å². The highest BCUT2D eigenvalue weighted by atomic mass is 79.9. The minimum Gasteiger partial charge on any atom is -0.490 e. The van der Waals surface area contributed by atoms with E-state index in [-0.39, 0.29) is 6.61 Å². The van der Waals surface area contributed by atoms with Crippen LogP contribution in [0.1, 0.15) is 12.5 Å². The summed E-state index contributed by atoms with van der Waals surface area (Å²) >= 11 is 3.36. The van der Waals surface area contributed by atoms with Gasteiger partial charge in [0.2, 0.25) is 0 Å². The van der Waals surface area contributed by atoms with Gasteiger partial charge in [0, 0.05) is 4.47 Å². The smallest absolute Gasteiger partial charge is 0.162 e. The molecule has 1 aromatic carbocycles. The largest absolute Gasteiger partial charge is 0.490 e. The second-order valence-electron chi connectivity index (χ2n) is 3.08. The molecule has 0 unspecified atom stereocenters. The first-order valence-corrected chi connectivity index (χ1v) is 5.82. The van der Waals surface area contributed by atoms with E-state index >= 15 is 0 Å². The Hall–Kier alpha value is -1.00. The van der Waals surface area contributed by atoms with Gasteiger partial charge in [0.1, 0.15) is 6.61 Å². The molecule has 0 atom stereocenters. The Bertz CT molecular complexity index is 364. The number of hydrogen-bond acceptors (Lipinski definition) is 3. The summed E-state index contributed by atoms with van der Waals surface area (Å²) in [6.45, 7) is 6.43. The Morgan fingerprint density at radius 2 is 2.06 bits per heavy atom. The molecule has 0 amide bonds. The van der Waals surface area contributed by atoms with E-state index < -0.39 is 0 Å². The van der Waals surface area contributed by atoms with Crippen molar-refractivity contribution < 1.29 is 14.6 Å². The summed E-state index contributed by atoms with van der Waals surface area (Å²) in [7, 11) is 0. The van der Waals surface area contributed by atoms with E-state index in [0.717, 1.165) is 10.0 Å². The molecule has 0 fully saturated rings. The van der Waals surface area contributed by atoms with Gasteiger partial charge in [0.25, 0.3) is 0 Å². The van der Waals surface area contributed by atoms with E-state index in [1.54, 1.807) is 18.2 Å². The monoisotopic (exact) mass is 286 g/mol. The highest BCUT2D eigenvalue weighted by Gasteiger charge is 2.09. The van der Waals surface area contributed by atoms with Crippen LogP contribution in [0.25, 0.3) is 0 Å². The van der Waals surface area contributed by atoms with E-state index in [4.69, 9.17) is 14.6 Å². The van der Waals surface area contributed by atoms with Crippen LogP contribution in [0, 0.1) is 0 Å². The second-order valence-corrected chi connectivity index (χ2v) is 3.94. The van der Waals surface area contributed by atoms with Crippen molar-refractivity contribution in [3.8, 4) is 11.5 Å². The predicted molar refractivity (Wildman–Crippen MR) is 66.9 cm³/mol. The molecule has 0 saturated heterocycles. The van der Waals surface area contributed by atoms with Crippen LogP contribution in [0.3, 0.4) is 0 Å². The third-order valence-corrected chi connectivity index (χ3v) is 2.68. The normalized spacial score (nSPS) is 9.94. The fourth-order valence-electron chi connectivity index (χ4n) is 1.23. The number of ether oxygens (including phenoxy) is 2. The molecule has 0 aliphatic carbocycles. The van der Waals surface area contributed by atoms with Crippen LogP contribution in [-0.2, 0) is 6.61 Å². The van der Waals surface area contributed by atoms with Gasteiger partial charge in [0.05, 0.1) is 13.2 Å². The van der Waals surface area contributed by atoms with E-state index in [2.05, 4.69) is 22.5 Å². The van der Waals surface area contributed by atoms with E-state index in [0.29, 0.717) is 24.7 Å². The van der Waals surface area contributed by atoms with Crippen molar-refractivity contribution in [2.75, 3.05) is 13.2 Å². The van der Waals surface area contributed by atoms with Gasteiger partial charge < -0.3 is 14.6 Å². The molecule has 0 aliphatic rings. The molecule has 1 N–H and O–H groups in total. The molecule has 0 aliphatic heterocycles. The van der Waals surface area contributed by atoms with Crippen molar-refractivity contribution in [2.45, 2.75) is 13.5 Å². The lowest BCUT2D eigenvalue weighted by molar-refractivity contribution is 0.275. The van der Waals surface area contributed by atoms with Gasteiger partial charge in [-0.15, -0.1) is 0 Å². The number of benzene rings is 1. The quantitative estimate of drug-likeness (QED) is 0.818. The Morgan fingerprint density at radius 1 is 1.38 bits per heavy atom. The molecule has 3 nitrogen and oxygen atoms in total. The first kappa shape index (κ1) is 13.1. The summed E-state index contributed by atoms with van der Waals surface area (Å²) in [6.07, 6.45) is 1.67. The highest BCUT2D eigenvalue weighted by Crippen LogP contribution is 2.33. The molecule has 4 heteroatoms. The van der Waals surface area contributed by atoms with Crippen molar-refractivity contribution in [1.82, 2.24) is 0 Å². The maximum absolute atomic E-state index is 9.14. The predicted octanol–water partition coefficient (Wildman–Crippen LogP) is 2.90. The third-order valence-electron chi connectivity index (χ3n) is 1.94. The van der Waals surface area contributed by atoms with Gasteiger partial charge in [-0.2, -0.15) is 0 Å². The molecule has 0 saturated carbocycles. The fourth-order valence-corrected chi connectivity index (χ4v) is 1.68. The zero-order valence-electron chi connectivity index (χ0n) is 9.20. The first-order chi connectivity index (χ1) is 7.72. The number of aliphatic hydroxyl groups excluding tert-OH is 1. The average molecular weight is 287 g/mol. The molecule has 16 heavy (non-hydrogen) atoms. The van der Waals surface area contributed by atoms with E-state index in [1.165, 1.54) is 0 Å². The summed E-state index contributed by atoms with van der Waals surface area (Å²) in [5.41, 5.74) is 0.773. The van der Waals surface area contributed by atoms with Crippen molar-refractivity contribution >= 4 is 15.9 Å². The molecule has 88 valence electrons. The van der Waals surface area contributed by atoms with Crippen LogP contribution in [0.5, 0.6) is 11.5 Å². The minimum atomic E-state index is -0.0393. The van der Waals surface area contributed by atoms with Crippen LogP contribution >= 0.6 is 15.9 Å². The Morgan fingerprint density at radius 3 is 2.62 bits per heavy atom. The molecule has 0 radical (unpaired) electrons. The van der Waals surface area contributed by atoms with Gasteiger partial charge in [-0.25, -0.2) is 0 Å². The Kier molecular flexibility index (Phi) is 5.35. The van der Waals surface area contributed by atoms with Crippen LogP contribution in [0.15, 0.2) is 29.3 Å². The molecule has 1 aromatic rings. The van der Waals surface area contributed by atoms with Crippen LogP contribution < -0.4 is 9.47 Å². The first-order valence-electron chi connectivity index (χ1n) is 5.02. The van der Waals surface area contributed by atoms with Crippen molar-refractivity contribution in [3.05, 3.63) is 34.8 Å². The standard InChI is InChI=1S/C12H15BrO3/c1-3-5-16-12-7-10(13)9(8-14)6-11(12)15-4-2/h3,6-7,14H,1,4-5,8H2,2H3. The summed E-state index contributed by atoms with van der Waals surface area (Å²) < 4.78 is 11.7. The number of halogens is 1. The van der Waals surface area contributed by atoms with E-state index in [1.807, 2.05) is 6.92 Å². The molecule has 0 heterocycles. The van der Waals surface area contributed by atoms with Gasteiger partial charge in [-0.3, -0.25) is 0 Å². The van der Waals surface area contributed by atoms with Gasteiger partial charge in [0.15, 0.2) is 11.5 Å². The van der Waals surface area contributed by atoms with Gasteiger partial charge in [-0.1, -0.05) is 28.6 Å². The molecule has 0 bridgehead atoms. The molecule has 0 spiro atoms. The SMILES string of the molecule is C=CCOc1cc(Br)c(CO)cc1OCC. The maximum atomic E-state index is 9.14. The van der Waals surface area contributed by atoms with Crippen molar-refractivity contribution in [2.24, 2.45) is 0 Å². The lowest BCUT2D eigenvalue weighted by Gasteiger charge is -2.13. The zero-order chi connectivity index (χ0) is 12.0. The Labute approximate surface area is 104 Å². The molecular formula is C12H15BrO3. The minimum absolute atomic E-state index is 0.0393. The zero-order valence-corrected chi connectivity index (χ0v) is 10.8. The molecule has 1 rings (SSSR count). The topological polar surface area (TPSA) is 38.7 Å². The van der Waals surface area contributed by atoms with Crippen LogP contribution in [0.2, 0.25) is 0 Å². The summed E-state index contributed by atoms with van der Waals surface area (Å²) in [5.74, 6) is 1.28. The fraction of sp³-hybridized carbons (Fsp3) is 0.333. The van der Waals surface area contributed by atoms with Gasteiger partial charge in [-0.05, 0) is 24.6 Å². The number of rotatable bonds is 6. The van der Waals surface area contributed by atoms with Crippen molar-refractivity contribution in [3.63, 3.8) is 0 Å². The Balaban J connectivity index is 3.02. The maximum Gasteiger partial charge on any atom is 0.162 e. The van der Waals surface area contributed by atoms with Crippen LogP contribution in [-0.4, -0.2) is 18.3 Å². The summed E-state index contributed by atoms with van der Waals surface area (Å²) in [4.78, 5) is 0. The van der Waals surface area contributed by atoms with Crippen molar-refractivity contribution in [1.29, 1.82) is 0 Å².